The Morgan fingerprint density at radius 2 is 2.11 bits per heavy atom. The van der Waals surface area contributed by atoms with Gasteiger partial charge in [-0.3, -0.25) is 14.6 Å². The Balaban J connectivity index is 2.44. The number of nitrogens with zero attached hydrogens (tertiary/aromatic N) is 2. The molecule has 0 spiro atoms. The number of carboxylic acid groups (broad SMARTS) is 1. The first-order valence-corrected chi connectivity index (χ1v) is 5.68. The van der Waals surface area contributed by atoms with Crippen LogP contribution in [0.3, 0.4) is 0 Å². The third-order valence-electron chi connectivity index (χ3n) is 1.84. The van der Waals surface area contributed by atoms with E-state index in [1.54, 1.807) is 0 Å². The molecule has 1 aromatic heterocycles. The number of aliphatic carboxylic acids is 1. The fourth-order valence-corrected chi connectivity index (χ4v) is 1.14. The fraction of sp³-hybridized carbons (Fsp3) is 0.455. The minimum atomic E-state index is -1.10. The van der Waals surface area contributed by atoms with Gasteiger partial charge >= 0.3 is 5.97 Å². The van der Waals surface area contributed by atoms with Gasteiger partial charge in [-0.15, -0.1) is 0 Å². The van der Waals surface area contributed by atoms with E-state index in [9.17, 15) is 9.59 Å². The van der Waals surface area contributed by atoms with Crippen LogP contribution in [0.1, 0.15) is 13.8 Å². The Kier molecular flexibility index (Phi) is 5.52. The molecule has 0 aliphatic rings. The van der Waals surface area contributed by atoms with Gasteiger partial charge in [-0.05, 0) is 13.8 Å². The Hall–Kier alpha value is -2.38. The number of amides is 1. The summed E-state index contributed by atoms with van der Waals surface area (Å²) in [5.74, 6) is -0.811. The van der Waals surface area contributed by atoms with E-state index < -0.39 is 18.4 Å². The molecule has 0 aliphatic heterocycles. The van der Waals surface area contributed by atoms with Crippen molar-refractivity contribution in [2.75, 3.05) is 18.4 Å². The maximum atomic E-state index is 11.3. The molecular weight excluding hydrogens is 252 g/mol. The molecule has 8 heteroatoms. The van der Waals surface area contributed by atoms with Gasteiger partial charge in [0, 0.05) is 0 Å². The van der Waals surface area contributed by atoms with Crippen LogP contribution >= 0.6 is 0 Å². The molecular formula is C11H16N4O4. The monoisotopic (exact) mass is 268 g/mol. The lowest BCUT2D eigenvalue weighted by atomic mass is 10.5. The largest absolute Gasteiger partial charge is 0.480 e. The van der Waals surface area contributed by atoms with Crippen molar-refractivity contribution >= 4 is 17.7 Å². The normalized spacial score (nSPS) is 10.1. The number of rotatable bonds is 7. The predicted molar refractivity (Wildman–Crippen MR) is 66.9 cm³/mol. The van der Waals surface area contributed by atoms with Crippen molar-refractivity contribution in [2.45, 2.75) is 20.0 Å². The summed E-state index contributed by atoms with van der Waals surface area (Å²) in [4.78, 5) is 29.5. The van der Waals surface area contributed by atoms with Crippen molar-refractivity contribution in [2.24, 2.45) is 0 Å². The molecule has 104 valence electrons. The molecule has 0 bridgehead atoms. The molecule has 19 heavy (non-hydrogen) atoms. The zero-order chi connectivity index (χ0) is 14.3. The average molecular weight is 268 g/mol. The molecule has 0 aromatic carbocycles. The summed E-state index contributed by atoms with van der Waals surface area (Å²) >= 11 is 0. The fourth-order valence-electron chi connectivity index (χ4n) is 1.14. The molecule has 1 rings (SSSR count). The van der Waals surface area contributed by atoms with Crippen LogP contribution in [0.15, 0.2) is 12.4 Å². The van der Waals surface area contributed by atoms with Crippen molar-refractivity contribution in [3.63, 3.8) is 0 Å². The molecule has 0 radical (unpaired) electrons. The van der Waals surface area contributed by atoms with Crippen LogP contribution in [0.2, 0.25) is 0 Å². The third-order valence-corrected chi connectivity index (χ3v) is 1.84. The van der Waals surface area contributed by atoms with Gasteiger partial charge in [0.1, 0.15) is 12.4 Å². The molecule has 0 saturated carbocycles. The Labute approximate surface area is 110 Å². The smallest absolute Gasteiger partial charge is 0.322 e. The molecule has 0 fully saturated rings. The number of nitrogens with one attached hydrogen (secondary N) is 2. The number of hydrogen-bond donors (Lipinski definition) is 3. The second-order valence-corrected chi connectivity index (χ2v) is 3.93. The van der Waals surface area contributed by atoms with E-state index in [0.717, 1.165) is 0 Å². The molecule has 8 nitrogen and oxygen atoms in total. The summed E-state index contributed by atoms with van der Waals surface area (Å²) < 4.78 is 5.35. The van der Waals surface area contributed by atoms with Gasteiger partial charge in [-0.2, -0.15) is 4.98 Å². The first-order valence-electron chi connectivity index (χ1n) is 5.68. The molecule has 0 unspecified atom stereocenters. The topological polar surface area (TPSA) is 113 Å². The minimum absolute atomic E-state index is 0.0246. The molecule has 1 amide bonds. The highest BCUT2D eigenvalue weighted by atomic mass is 16.5. The summed E-state index contributed by atoms with van der Waals surface area (Å²) in [6.45, 7) is 3.22. The molecule has 1 heterocycles. The quantitative estimate of drug-likeness (QED) is 0.631. The van der Waals surface area contributed by atoms with E-state index in [1.807, 2.05) is 13.8 Å². The van der Waals surface area contributed by atoms with Gasteiger partial charge in [-0.1, -0.05) is 0 Å². The number of ether oxygens (including phenoxy) is 1. The van der Waals surface area contributed by atoms with Gasteiger partial charge in [-0.25, -0.2) is 0 Å². The number of carbonyl (C=O) groups excluding carboxylic acids is 1. The number of carbonyl (C=O) groups is 2. The van der Waals surface area contributed by atoms with Crippen molar-refractivity contribution in [1.82, 2.24) is 15.3 Å². The van der Waals surface area contributed by atoms with E-state index in [4.69, 9.17) is 9.84 Å². The van der Waals surface area contributed by atoms with Gasteiger partial charge in [0.15, 0.2) is 0 Å². The molecule has 0 saturated heterocycles. The minimum Gasteiger partial charge on any atom is -0.480 e. The second kappa shape index (κ2) is 7.14. The van der Waals surface area contributed by atoms with E-state index in [-0.39, 0.29) is 12.6 Å². The van der Waals surface area contributed by atoms with E-state index in [0.29, 0.717) is 11.7 Å². The Morgan fingerprint density at radius 1 is 1.37 bits per heavy atom. The van der Waals surface area contributed by atoms with Gasteiger partial charge in [0.25, 0.3) is 0 Å². The highest BCUT2D eigenvalue weighted by molar-refractivity contribution is 5.84. The average Bonchev–Trinajstić information content (AvgIpc) is 2.33. The van der Waals surface area contributed by atoms with E-state index >= 15 is 0 Å². The first kappa shape index (κ1) is 14.7. The summed E-state index contributed by atoms with van der Waals surface area (Å²) in [7, 11) is 0. The van der Waals surface area contributed by atoms with Gasteiger partial charge in [0.05, 0.1) is 25.0 Å². The van der Waals surface area contributed by atoms with Crippen molar-refractivity contribution < 1.29 is 19.4 Å². The standard InChI is InChI=1S/C11H16N4O4/c1-7(2)19-10-5-12-3-8(15-10)13-4-9(16)14-6-11(17)18/h3,5,7H,4,6H2,1-2H3,(H,13,15)(H,14,16)(H,17,18). The van der Waals surface area contributed by atoms with Gasteiger partial charge in [0.2, 0.25) is 11.8 Å². The summed E-state index contributed by atoms with van der Waals surface area (Å²) in [5.41, 5.74) is 0. The van der Waals surface area contributed by atoms with Crippen molar-refractivity contribution in [1.29, 1.82) is 0 Å². The van der Waals surface area contributed by atoms with E-state index in [1.165, 1.54) is 12.4 Å². The van der Waals surface area contributed by atoms with Crippen LogP contribution < -0.4 is 15.4 Å². The van der Waals surface area contributed by atoms with Crippen LogP contribution in [0.25, 0.3) is 0 Å². The van der Waals surface area contributed by atoms with Crippen LogP contribution in [-0.4, -0.2) is 46.1 Å². The van der Waals surface area contributed by atoms with E-state index in [2.05, 4.69) is 20.6 Å². The highest BCUT2D eigenvalue weighted by Crippen LogP contribution is 2.10. The van der Waals surface area contributed by atoms with Crippen LogP contribution in [0.4, 0.5) is 5.82 Å². The molecule has 0 aliphatic carbocycles. The number of carboxylic acids is 1. The first-order chi connectivity index (χ1) is 8.97. The van der Waals surface area contributed by atoms with Crippen molar-refractivity contribution in [3.8, 4) is 5.88 Å². The lowest BCUT2D eigenvalue weighted by Gasteiger charge is -2.10. The molecule has 3 N–H and O–H groups in total. The lowest BCUT2D eigenvalue weighted by molar-refractivity contribution is -0.137. The van der Waals surface area contributed by atoms with Crippen LogP contribution in [0, 0.1) is 0 Å². The summed E-state index contributed by atoms with van der Waals surface area (Å²) in [6, 6.07) is 0. The SMILES string of the molecule is CC(C)Oc1cncc(NCC(=O)NCC(=O)O)n1. The maximum absolute atomic E-state index is 11.3. The van der Waals surface area contributed by atoms with Gasteiger partial charge < -0.3 is 20.5 Å². The zero-order valence-electron chi connectivity index (χ0n) is 10.7. The summed E-state index contributed by atoms with van der Waals surface area (Å²) in [6.07, 6.45) is 2.89. The second-order valence-electron chi connectivity index (χ2n) is 3.93. The Bertz CT molecular complexity index is 450. The third kappa shape index (κ3) is 6.20. The lowest BCUT2D eigenvalue weighted by Crippen LogP contribution is -2.34. The van der Waals surface area contributed by atoms with Crippen LogP contribution in [0.5, 0.6) is 5.88 Å². The number of aromatic nitrogens is 2. The zero-order valence-corrected chi connectivity index (χ0v) is 10.7. The van der Waals surface area contributed by atoms with Crippen molar-refractivity contribution in [3.05, 3.63) is 12.4 Å². The number of hydrogen-bond acceptors (Lipinski definition) is 6. The molecule has 1 aromatic rings. The maximum Gasteiger partial charge on any atom is 0.322 e. The highest BCUT2D eigenvalue weighted by Gasteiger charge is 2.05. The summed E-state index contributed by atoms with van der Waals surface area (Å²) in [5, 5.41) is 13.3. The number of anilines is 1. The predicted octanol–water partition coefficient (Wildman–Crippen LogP) is -0.124. The Morgan fingerprint density at radius 3 is 2.74 bits per heavy atom. The van der Waals surface area contributed by atoms with Crippen LogP contribution in [-0.2, 0) is 9.59 Å². The molecule has 0 atom stereocenters.